The normalized spacial score (nSPS) is 15.0. The van der Waals surface area contributed by atoms with Gasteiger partial charge in [0.15, 0.2) is 23.1 Å². The summed E-state index contributed by atoms with van der Waals surface area (Å²) < 4.78 is 49.2. The van der Waals surface area contributed by atoms with Gasteiger partial charge >= 0.3 is 6.09 Å². The number of nitrogens with zero attached hydrogens (tertiary/aromatic N) is 7. The predicted octanol–water partition coefficient (Wildman–Crippen LogP) is 13.8. The summed E-state index contributed by atoms with van der Waals surface area (Å²) >= 11 is 34.2. The molecule has 384 valence electrons. The van der Waals surface area contributed by atoms with Crippen LogP contribution in [-0.2, 0) is 4.74 Å². The predicted molar refractivity (Wildman–Crippen MR) is 281 cm³/mol. The molecule has 2 fully saturated rings. The van der Waals surface area contributed by atoms with Gasteiger partial charge in [-0.2, -0.15) is 10.2 Å². The molecular weight excluding hydrogens is 1040 g/mol. The minimum absolute atomic E-state index is 0. The molecule has 71 heavy (non-hydrogen) atoms. The smallest absolute Gasteiger partial charge is 0.410 e. The van der Waals surface area contributed by atoms with Crippen LogP contribution >= 0.6 is 69.6 Å². The lowest BCUT2D eigenvalue weighted by Crippen LogP contribution is -2.42. The molecule has 0 unspecified atom stereocenters. The summed E-state index contributed by atoms with van der Waals surface area (Å²) in [6, 6.07) is 9.40. The van der Waals surface area contributed by atoms with Gasteiger partial charge in [0.25, 0.3) is 0 Å². The number of nitrogens with two attached hydrogens (primary N) is 2. The van der Waals surface area contributed by atoms with Crippen LogP contribution in [-0.4, -0.2) is 77.6 Å². The van der Waals surface area contributed by atoms with Crippen LogP contribution < -0.4 is 26.3 Å². The fourth-order valence-corrected chi connectivity index (χ4v) is 9.18. The van der Waals surface area contributed by atoms with Crippen LogP contribution in [0.5, 0.6) is 11.5 Å². The zero-order valence-corrected chi connectivity index (χ0v) is 43.6. The Morgan fingerprint density at radius 1 is 0.718 bits per heavy atom. The first-order valence-corrected chi connectivity index (χ1v) is 24.9. The van der Waals surface area contributed by atoms with Crippen molar-refractivity contribution < 1.29 is 27.8 Å². The van der Waals surface area contributed by atoms with Gasteiger partial charge in [-0.05, 0) is 110 Å². The molecule has 0 bridgehead atoms. The number of hydrogen-bond donors (Lipinski definition) is 3. The number of likely N-dealkylation sites (tertiary alicyclic amines) is 1. The number of nitrogen functional groups attached to an aromatic ring is 2. The fourth-order valence-electron chi connectivity index (χ4n) is 7.83. The molecule has 2 atom stereocenters. The van der Waals surface area contributed by atoms with Crippen molar-refractivity contribution in [2.45, 2.75) is 97.6 Å². The summed E-state index contributed by atoms with van der Waals surface area (Å²) in [5, 5.41) is 13.1. The third kappa shape index (κ3) is 14.9. The molecule has 2 aliphatic rings. The van der Waals surface area contributed by atoms with E-state index < -0.39 is 29.4 Å². The number of anilines is 2. The molecular formula is C49H58Cl6F2N10O4. The van der Waals surface area contributed by atoms with Crippen molar-refractivity contribution in [1.29, 1.82) is 0 Å². The molecule has 2 saturated heterocycles. The average molecular weight is 1100 g/mol. The third-order valence-corrected chi connectivity index (χ3v) is 12.8. The van der Waals surface area contributed by atoms with Crippen molar-refractivity contribution in [3.8, 4) is 33.8 Å². The maximum atomic E-state index is 14.0. The molecule has 4 aromatic heterocycles. The number of nitrogens with one attached hydrogen (secondary N) is 1. The first kappa shape index (κ1) is 57.1. The molecule has 0 aliphatic carbocycles. The summed E-state index contributed by atoms with van der Waals surface area (Å²) in [5.74, 6) is -0.0515. The van der Waals surface area contributed by atoms with Gasteiger partial charge in [0, 0.05) is 81.3 Å². The molecule has 1 amide bonds. The van der Waals surface area contributed by atoms with Crippen LogP contribution in [0.15, 0.2) is 73.6 Å². The summed E-state index contributed by atoms with van der Waals surface area (Å²) in [5.41, 5.74) is 15.6. The molecule has 14 nitrogen and oxygen atoms in total. The topological polar surface area (TPSA) is 173 Å². The quantitative estimate of drug-likeness (QED) is 0.0880. The molecule has 6 heterocycles. The maximum Gasteiger partial charge on any atom is 0.410 e. The van der Waals surface area contributed by atoms with Gasteiger partial charge in [0.1, 0.15) is 29.4 Å². The Hall–Kier alpha value is -4.81. The summed E-state index contributed by atoms with van der Waals surface area (Å²) in [4.78, 5) is 22.6. The molecule has 8 rings (SSSR count). The highest BCUT2D eigenvalue weighted by Gasteiger charge is 2.29. The number of alkyl halides is 2. The second-order valence-electron chi connectivity index (χ2n) is 17.4. The standard InChI is InChI=1S/C26H30Cl2FN5O3.C21H22Cl2FN5O.CH2Cl2.CH4/c1-15(22-19(27)5-6-20(29)23(22)28)36-21-11-16(12-31-24(21)30)17-13-32-34(14-17)18-7-9-33(10-8-18)25(35)37-26(2,3)4;1-12(19-16(22)2-3-17(24)20(19)23)30-18-8-13(9-27-21(18)25)14-10-28-29(11-14)15-4-6-26-7-5-15;2-1-3;/h5-6,11-15,18H,7-10H2,1-4H3,(H2,30,31);2-3,8-12,15,26H,4-7H2,1H3,(H2,25,27);1H2;1H4/t15-;12-;;/m11../s1. The molecule has 6 aromatic rings. The average Bonchev–Trinajstić information content (AvgIpc) is 4.03. The van der Waals surface area contributed by atoms with Gasteiger partial charge in [-0.3, -0.25) is 9.36 Å². The van der Waals surface area contributed by atoms with Crippen LogP contribution in [0.1, 0.15) is 103 Å². The summed E-state index contributed by atoms with van der Waals surface area (Å²) in [6.07, 6.45) is 12.9. The Kier molecular flexibility index (Phi) is 20.7. The lowest BCUT2D eigenvalue weighted by Gasteiger charge is -2.33. The van der Waals surface area contributed by atoms with Gasteiger partial charge < -0.3 is 35.9 Å². The Morgan fingerprint density at radius 3 is 1.54 bits per heavy atom. The van der Waals surface area contributed by atoms with Crippen molar-refractivity contribution in [2.75, 3.05) is 43.0 Å². The highest BCUT2D eigenvalue weighted by atomic mass is 35.5. The van der Waals surface area contributed by atoms with E-state index in [0.29, 0.717) is 51.8 Å². The highest BCUT2D eigenvalue weighted by molar-refractivity contribution is 6.40. The Morgan fingerprint density at radius 2 is 1.13 bits per heavy atom. The lowest BCUT2D eigenvalue weighted by molar-refractivity contribution is 0.0184. The number of amides is 1. The minimum Gasteiger partial charge on any atom is -0.482 e. The van der Waals surface area contributed by atoms with E-state index in [-0.39, 0.29) is 46.6 Å². The first-order valence-electron chi connectivity index (χ1n) is 22.3. The Labute approximate surface area is 443 Å². The summed E-state index contributed by atoms with van der Waals surface area (Å²) in [6.45, 7) is 12.2. The second kappa shape index (κ2) is 25.7. The van der Waals surface area contributed by atoms with Gasteiger partial charge in [0.2, 0.25) is 0 Å². The van der Waals surface area contributed by atoms with E-state index in [1.165, 1.54) is 24.3 Å². The van der Waals surface area contributed by atoms with Crippen molar-refractivity contribution in [3.63, 3.8) is 0 Å². The van der Waals surface area contributed by atoms with E-state index in [0.717, 1.165) is 61.0 Å². The van der Waals surface area contributed by atoms with Crippen LogP contribution in [0.25, 0.3) is 22.3 Å². The van der Waals surface area contributed by atoms with Crippen LogP contribution in [0, 0.1) is 11.6 Å². The summed E-state index contributed by atoms with van der Waals surface area (Å²) in [7, 11) is 0. The zero-order valence-electron chi connectivity index (χ0n) is 39.0. The SMILES string of the molecule is C.C[C@@H](Oc1cc(-c2cnn(C3CCN(C(=O)OC(C)(C)C)CC3)c2)cnc1N)c1c(Cl)ccc(F)c1Cl.C[C@@H](Oc1cc(-c2cnn(C3CCNCC3)c2)cnc1N)c1c(Cl)ccc(F)c1Cl.ClCCl. The monoisotopic (exact) mass is 1100 g/mol. The second-order valence-corrected chi connectivity index (χ2v) is 19.8. The molecule has 5 N–H and O–H groups in total. The van der Waals surface area contributed by atoms with Crippen molar-refractivity contribution >= 4 is 87.3 Å². The lowest BCUT2D eigenvalue weighted by atomic mass is 10.1. The first-order chi connectivity index (χ1) is 33.3. The van der Waals surface area contributed by atoms with Crippen LogP contribution in [0.4, 0.5) is 25.2 Å². The van der Waals surface area contributed by atoms with Crippen molar-refractivity contribution in [1.82, 2.24) is 39.7 Å². The number of pyridine rings is 2. The maximum absolute atomic E-state index is 14.0. The van der Waals surface area contributed by atoms with Crippen molar-refractivity contribution in [2.24, 2.45) is 0 Å². The molecule has 2 aromatic carbocycles. The van der Waals surface area contributed by atoms with Crippen molar-refractivity contribution in [3.05, 3.63) is 116 Å². The van der Waals surface area contributed by atoms with Gasteiger partial charge in [-0.15, -0.1) is 23.2 Å². The van der Waals surface area contributed by atoms with E-state index in [9.17, 15) is 13.6 Å². The number of ether oxygens (including phenoxy) is 3. The van der Waals surface area contributed by atoms with E-state index in [2.05, 4.69) is 25.5 Å². The third-order valence-electron chi connectivity index (χ3n) is 11.4. The Bertz CT molecular complexity index is 2730. The molecule has 0 spiro atoms. The van der Waals surface area contributed by atoms with E-state index in [4.69, 9.17) is 95.3 Å². The minimum atomic E-state index is -0.673. The van der Waals surface area contributed by atoms with Crippen LogP contribution in [0.3, 0.4) is 0 Å². The highest BCUT2D eigenvalue weighted by Crippen LogP contribution is 2.39. The van der Waals surface area contributed by atoms with E-state index in [1.54, 1.807) is 49.5 Å². The van der Waals surface area contributed by atoms with Gasteiger partial charge in [-0.25, -0.2) is 23.5 Å². The molecule has 0 radical (unpaired) electrons. The number of halogens is 8. The van der Waals surface area contributed by atoms with Crippen LogP contribution in [0.2, 0.25) is 20.1 Å². The molecule has 22 heteroatoms. The zero-order chi connectivity index (χ0) is 50.9. The molecule has 0 saturated carbocycles. The Balaban J connectivity index is 0.000000251. The van der Waals surface area contributed by atoms with E-state index in [1.807, 2.05) is 48.7 Å². The fraction of sp³-hybridized carbons (Fsp3) is 0.408. The number of carbonyl (C=O) groups is 1. The van der Waals surface area contributed by atoms with Gasteiger partial charge in [0.05, 0.1) is 39.9 Å². The number of aromatic nitrogens is 6. The largest absolute Gasteiger partial charge is 0.482 e. The number of carbonyl (C=O) groups excluding carboxylic acids is 1. The number of benzene rings is 2. The number of piperidine rings is 2. The number of hydrogen-bond acceptors (Lipinski definition) is 11. The van der Waals surface area contributed by atoms with Gasteiger partial charge in [-0.1, -0.05) is 53.8 Å². The molecule has 2 aliphatic heterocycles. The van der Waals surface area contributed by atoms with E-state index >= 15 is 0 Å². The number of rotatable bonds is 10.